The number of ether oxygens (including phenoxy) is 2. The first-order valence-electron chi connectivity index (χ1n) is 7.17. The average Bonchev–Trinajstić information content (AvgIpc) is 2.55. The van der Waals surface area contributed by atoms with E-state index in [4.69, 9.17) is 15.9 Å². The minimum absolute atomic E-state index is 0.506. The van der Waals surface area contributed by atoms with E-state index in [1.165, 1.54) is 0 Å². The third-order valence-electron chi connectivity index (χ3n) is 3.56. The van der Waals surface area contributed by atoms with Gasteiger partial charge in [-0.05, 0) is 51.0 Å². The predicted octanol–water partition coefficient (Wildman–Crippen LogP) is 4.47. The zero-order valence-corrected chi connectivity index (χ0v) is 12.9. The zero-order chi connectivity index (χ0) is 15.7. The molecule has 0 aliphatic carbocycles. The summed E-state index contributed by atoms with van der Waals surface area (Å²) in [6, 6.07) is 7.89. The molecule has 0 unspecified atom stereocenters. The second kappa shape index (κ2) is 5.50. The lowest BCUT2D eigenvalue weighted by molar-refractivity contribution is 0.297. The highest BCUT2D eigenvalue weighted by Gasteiger charge is 2.35. The molecule has 1 aromatic rings. The van der Waals surface area contributed by atoms with Crippen molar-refractivity contribution in [2.24, 2.45) is 0 Å². The third kappa shape index (κ3) is 2.01. The number of benzene rings is 1. The van der Waals surface area contributed by atoms with Crippen LogP contribution in [-0.4, -0.2) is 0 Å². The van der Waals surface area contributed by atoms with Gasteiger partial charge in [-0.1, -0.05) is 18.2 Å². The smallest absolute Gasteiger partial charge is 0.200 e. The number of hydrogen-bond acceptors (Lipinski definition) is 3. The van der Waals surface area contributed by atoms with Gasteiger partial charge in [0.05, 0.1) is 11.4 Å². The van der Waals surface area contributed by atoms with Gasteiger partial charge in [-0.2, -0.15) is 0 Å². The summed E-state index contributed by atoms with van der Waals surface area (Å²) in [5, 5.41) is 0. The van der Waals surface area contributed by atoms with E-state index >= 15 is 0 Å². The molecule has 0 saturated carbocycles. The third-order valence-corrected chi connectivity index (χ3v) is 3.56. The molecule has 2 aliphatic rings. The van der Waals surface area contributed by atoms with E-state index in [-0.39, 0.29) is 0 Å². The largest absolute Gasteiger partial charge is 0.453 e. The molecule has 0 fully saturated rings. The number of fused-ring (bicyclic) bond motifs is 3. The van der Waals surface area contributed by atoms with Crippen molar-refractivity contribution in [2.75, 3.05) is 4.90 Å². The monoisotopic (exact) mass is 291 g/mol. The van der Waals surface area contributed by atoms with E-state index in [9.17, 15) is 0 Å². The molecule has 2 aliphatic heterocycles. The van der Waals surface area contributed by atoms with Crippen LogP contribution >= 0.6 is 0 Å². The van der Waals surface area contributed by atoms with Crippen LogP contribution in [0.25, 0.3) is 0 Å². The van der Waals surface area contributed by atoms with Gasteiger partial charge in [-0.15, -0.1) is 6.42 Å². The van der Waals surface area contributed by atoms with Crippen molar-refractivity contribution in [1.29, 1.82) is 0 Å². The molecule has 0 aromatic heterocycles. The van der Waals surface area contributed by atoms with Crippen LogP contribution in [0, 0.1) is 12.3 Å². The number of hydrogen-bond donors (Lipinski definition) is 0. The normalized spacial score (nSPS) is 18.8. The standard InChI is InChI=1S/C19H17NO2/c1-5-10-14-16(6-2)21-13(4)19-17(7-3)22-18-12-9-8-11-15(18)20(14)19/h2,5,7-12H,1,3-4H3/b10-5-,17-7+. The molecule has 3 rings (SSSR count). The summed E-state index contributed by atoms with van der Waals surface area (Å²) >= 11 is 0. The predicted molar refractivity (Wildman–Crippen MR) is 87.8 cm³/mol. The molecule has 0 amide bonds. The fourth-order valence-electron chi connectivity index (χ4n) is 2.67. The first kappa shape index (κ1) is 14.1. The van der Waals surface area contributed by atoms with E-state index in [0.717, 1.165) is 34.3 Å². The molecule has 0 radical (unpaired) electrons. The van der Waals surface area contributed by atoms with Gasteiger partial charge in [0, 0.05) is 0 Å². The van der Waals surface area contributed by atoms with E-state index in [1.807, 2.05) is 63.3 Å². The second-order valence-corrected chi connectivity index (χ2v) is 4.92. The second-order valence-electron chi connectivity index (χ2n) is 4.92. The summed E-state index contributed by atoms with van der Waals surface area (Å²) in [6.07, 6.45) is 11.5. The Labute approximate surface area is 130 Å². The van der Waals surface area contributed by atoms with Crippen LogP contribution in [0.15, 0.2) is 71.2 Å². The lowest BCUT2D eigenvalue weighted by Crippen LogP contribution is -2.33. The molecule has 2 heterocycles. The van der Waals surface area contributed by atoms with Crippen LogP contribution in [0.5, 0.6) is 5.75 Å². The Bertz CT molecular complexity index is 788. The minimum atomic E-state index is 0.506. The zero-order valence-electron chi connectivity index (χ0n) is 12.9. The highest BCUT2D eigenvalue weighted by molar-refractivity contribution is 5.75. The Balaban J connectivity index is 2.32. The lowest BCUT2D eigenvalue weighted by atomic mass is 10.1. The molecule has 0 bridgehead atoms. The van der Waals surface area contributed by atoms with Gasteiger partial charge in [0.1, 0.15) is 11.5 Å². The summed E-state index contributed by atoms with van der Waals surface area (Å²) in [4.78, 5) is 2.10. The molecule has 1 aromatic carbocycles. The van der Waals surface area contributed by atoms with Crippen LogP contribution < -0.4 is 9.64 Å². The van der Waals surface area contributed by atoms with Gasteiger partial charge in [0.15, 0.2) is 11.5 Å². The van der Waals surface area contributed by atoms with Crippen molar-refractivity contribution in [1.82, 2.24) is 0 Å². The van der Waals surface area contributed by atoms with Crippen molar-refractivity contribution in [3.8, 4) is 18.1 Å². The van der Waals surface area contributed by atoms with Gasteiger partial charge >= 0.3 is 0 Å². The Morgan fingerprint density at radius 1 is 1.18 bits per heavy atom. The number of anilines is 1. The number of para-hydroxylation sites is 2. The fourth-order valence-corrected chi connectivity index (χ4v) is 2.67. The van der Waals surface area contributed by atoms with Crippen LogP contribution in [0.1, 0.15) is 20.8 Å². The number of allylic oxidation sites excluding steroid dienone is 5. The fraction of sp³-hybridized carbons (Fsp3) is 0.158. The number of nitrogens with zero attached hydrogens (tertiary/aromatic N) is 1. The first-order valence-corrected chi connectivity index (χ1v) is 7.17. The highest BCUT2D eigenvalue weighted by Crippen LogP contribution is 2.45. The van der Waals surface area contributed by atoms with E-state index in [2.05, 4.69) is 10.8 Å². The molecule has 3 heteroatoms. The van der Waals surface area contributed by atoms with Gasteiger partial charge in [-0.3, -0.25) is 4.90 Å². The first-order chi connectivity index (χ1) is 10.7. The SMILES string of the molecule is C#CC1=C(/C=C\C)N2C(=C(C)O1)/C(=C\C)Oc1ccccc12. The van der Waals surface area contributed by atoms with Crippen molar-refractivity contribution in [3.05, 3.63) is 71.2 Å². The van der Waals surface area contributed by atoms with E-state index in [0.29, 0.717) is 5.76 Å². The van der Waals surface area contributed by atoms with Gasteiger partial charge < -0.3 is 9.47 Å². The lowest BCUT2D eigenvalue weighted by Gasteiger charge is -2.38. The van der Waals surface area contributed by atoms with Crippen LogP contribution in [0.4, 0.5) is 5.69 Å². The summed E-state index contributed by atoms with van der Waals surface area (Å²) in [6.45, 7) is 5.79. The summed E-state index contributed by atoms with van der Waals surface area (Å²) in [5.74, 6) is 5.42. The van der Waals surface area contributed by atoms with Crippen LogP contribution in [0.3, 0.4) is 0 Å². The molecule has 0 saturated heterocycles. The molecule has 0 spiro atoms. The maximum absolute atomic E-state index is 6.00. The highest BCUT2D eigenvalue weighted by atomic mass is 16.5. The van der Waals surface area contributed by atoms with Gasteiger partial charge in [0.2, 0.25) is 5.76 Å². The van der Waals surface area contributed by atoms with Crippen molar-refractivity contribution >= 4 is 5.69 Å². The van der Waals surface area contributed by atoms with Crippen molar-refractivity contribution in [2.45, 2.75) is 20.8 Å². The molecule has 110 valence electrons. The van der Waals surface area contributed by atoms with Crippen molar-refractivity contribution in [3.63, 3.8) is 0 Å². The summed E-state index contributed by atoms with van der Waals surface area (Å²) in [5.41, 5.74) is 2.67. The average molecular weight is 291 g/mol. The number of terminal acetylenes is 1. The molecular weight excluding hydrogens is 274 g/mol. The molecule has 22 heavy (non-hydrogen) atoms. The van der Waals surface area contributed by atoms with Crippen LogP contribution in [-0.2, 0) is 4.74 Å². The Morgan fingerprint density at radius 2 is 1.95 bits per heavy atom. The van der Waals surface area contributed by atoms with Crippen molar-refractivity contribution < 1.29 is 9.47 Å². The Morgan fingerprint density at radius 3 is 2.64 bits per heavy atom. The molecular formula is C19H17NO2. The van der Waals surface area contributed by atoms with Gasteiger partial charge in [-0.25, -0.2) is 0 Å². The summed E-state index contributed by atoms with van der Waals surface area (Å²) < 4.78 is 11.8. The Hall–Kier alpha value is -2.86. The van der Waals surface area contributed by atoms with Gasteiger partial charge in [0.25, 0.3) is 0 Å². The van der Waals surface area contributed by atoms with E-state index < -0.39 is 0 Å². The van der Waals surface area contributed by atoms with E-state index in [1.54, 1.807) is 0 Å². The minimum Gasteiger partial charge on any atom is -0.453 e. The Kier molecular flexibility index (Phi) is 3.52. The topological polar surface area (TPSA) is 21.7 Å². The molecule has 0 N–H and O–H groups in total. The van der Waals surface area contributed by atoms with Crippen LogP contribution in [0.2, 0.25) is 0 Å². The molecule has 3 nitrogen and oxygen atoms in total. The maximum atomic E-state index is 6.00. The maximum Gasteiger partial charge on any atom is 0.200 e. The molecule has 0 atom stereocenters. The number of rotatable bonds is 1. The summed E-state index contributed by atoms with van der Waals surface area (Å²) in [7, 11) is 0. The quantitative estimate of drug-likeness (QED) is 0.712.